The summed E-state index contributed by atoms with van der Waals surface area (Å²) >= 11 is 5.50. The maximum Gasteiger partial charge on any atom is 0.178 e. The van der Waals surface area contributed by atoms with E-state index < -0.39 is 0 Å². The Hall–Kier alpha value is -1.33. The molecule has 114 valence electrons. The van der Waals surface area contributed by atoms with Crippen molar-refractivity contribution in [2.45, 2.75) is 51.2 Å². The number of hydrogen-bond acceptors (Lipinski definition) is 3. The van der Waals surface area contributed by atoms with Gasteiger partial charge in [0.1, 0.15) is 11.3 Å². The highest BCUT2D eigenvalue weighted by Gasteiger charge is 2.27. The number of rotatable bonds is 4. The van der Waals surface area contributed by atoms with Crippen molar-refractivity contribution in [3.05, 3.63) is 23.0 Å². The molecule has 21 heavy (non-hydrogen) atoms. The molecule has 2 unspecified atom stereocenters. The molecule has 4 nitrogen and oxygen atoms in total. The van der Waals surface area contributed by atoms with E-state index in [9.17, 15) is 5.11 Å². The van der Waals surface area contributed by atoms with Gasteiger partial charge in [0.05, 0.1) is 24.3 Å². The molecule has 2 atom stereocenters. The van der Waals surface area contributed by atoms with E-state index in [1.54, 1.807) is 0 Å². The highest BCUT2D eigenvalue weighted by atomic mass is 32.1. The molecule has 0 amide bonds. The van der Waals surface area contributed by atoms with Crippen LogP contribution in [0.4, 0.5) is 0 Å². The third-order valence-corrected chi connectivity index (χ3v) is 4.50. The standard InChI is InChI=1S/C16H22N2O2S/c1-2-10-20-14-9-5-7-12-15(14)17-16(21)18(12)11-6-3-4-8-13(11)19/h5,7,9,11,13,19H,2-4,6,8,10H2,1H3,(H,17,21). The van der Waals surface area contributed by atoms with Crippen LogP contribution < -0.4 is 4.74 Å². The summed E-state index contributed by atoms with van der Waals surface area (Å²) in [7, 11) is 0. The summed E-state index contributed by atoms with van der Waals surface area (Å²) in [5.74, 6) is 0.837. The summed E-state index contributed by atoms with van der Waals surface area (Å²) in [6.45, 7) is 2.78. The molecule has 1 aliphatic carbocycles. The Morgan fingerprint density at radius 2 is 2.19 bits per heavy atom. The summed E-state index contributed by atoms with van der Waals surface area (Å²) in [5.41, 5.74) is 1.97. The van der Waals surface area contributed by atoms with Gasteiger partial charge >= 0.3 is 0 Å². The number of aliphatic hydroxyl groups is 1. The van der Waals surface area contributed by atoms with Crippen LogP contribution >= 0.6 is 12.2 Å². The van der Waals surface area contributed by atoms with Crippen molar-refractivity contribution in [3.63, 3.8) is 0 Å². The average molecular weight is 306 g/mol. The van der Waals surface area contributed by atoms with Gasteiger partial charge < -0.3 is 19.4 Å². The molecule has 0 spiro atoms. The molecule has 0 aliphatic heterocycles. The largest absolute Gasteiger partial charge is 0.491 e. The molecule has 0 radical (unpaired) electrons. The minimum Gasteiger partial charge on any atom is -0.491 e. The number of ether oxygens (including phenoxy) is 1. The van der Waals surface area contributed by atoms with Gasteiger partial charge in [0.25, 0.3) is 0 Å². The van der Waals surface area contributed by atoms with E-state index >= 15 is 0 Å². The Morgan fingerprint density at radius 1 is 1.38 bits per heavy atom. The smallest absolute Gasteiger partial charge is 0.178 e. The first kappa shape index (κ1) is 14.6. The van der Waals surface area contributed by atoms with Crippen LogP contribution in [0.1, 0.15) is 45.1 Å². The molecule has 0 bridgehead atoms. The van der Waals surface area contributed by atoms with E-state index in [0.29, 0.717) is 11.4 Å². The van der Waals surface area contributed by atoms with Crippen molar-refractivity contribution in [2.24, 2.45) is 0 Å². The molecule has 5 heteroatoms. The summed E-state index contributed by atoms with van der Waals surface area (Å²) in [5, 5.41) is 10.3. The number of hydrogen-bond donors (Lipinski definition) is 2. The first-order valence-electron chi connectivity index (χ1n) is 7.76. The van der Waals surface area contributed by atoms with Crippen molar-refractivity contribution in [1.82, 2.24) is 9.55 Å². The first-order valence-corrected chi connectivity index (χ1v) is 8.17. The van der Waals surface area contributed by atoms with Gasteiger partial charge in [-0.2, -0.15) is 0 Å². The minimum atomic E-state index is -0.315. The van der Waals surface area contributed by atoms with Crippen molar-refractivity contribution in [1.29, 1.82) is 0 Å². The lowest BCUT2D eigenvalue weighted by Crippen LogP contribution is -2.27. The molecule has 2 N–H and O–H groups in total. The van der Waals surface area contributed by atoms with E-state index in [0.717, 1.165) is 48.9 Å². The average Bonchev–Trinajstić information content (AvgIpc) is 2.82. The van der Waals surface area contributed by atoms with Crippen LogP contribution in [0.3, 0.4) is 0 Å². The summed E-state index contributed by atoms with van der Waals surface area (Å²) in [6.07, 6.45) is 4.72. The number of aromatic nitrogens is 2. The molecule has 1 aliphatic rings. The third kappa shape index (κ3) is 2.72. The molecule has 1 aromatic carbocycles. The monoisotopic (exact) mass is 306 g/mol. The van der Waals surface area contributed by atoms with E-state index in [-0.39, 0.29) is 12.1 Å². The number of nitrogens with one attached hydrogen (secondary N) is 1. The molecular weight excluding hydrogens is 284 g/mol. The fourth-order valence-corrected chi connectivity index (χ4v) is 3.51. The number of fused-ring (bicyclic) bond motifs is 1. The fraction of sp³-hybridized carbons (Fsp3) is 0.562. The highest BCUT2D eigenvalue weighted by Crippen LogP contribution is 2.34. The van der Waals surface area contributed by atoms with Crippen LogP contribution in [-0.4, -0.2) is 27.4 Å². The zero-order chi connectivity index (χ0) is 14.8. The van der Waals surface area contributed by atoms with E-state index in [1.165, 1.54) is 0 Å². The van der Waals surface area contributed by atoms with E-state index in [4.69, 9.17) is 17.0 Å². The second-order valence-corrected chi connectivity index (χ2v) is 6.10. The van der Waals surface area contributed by atoms with Gasteiger partial charge in [0.2, 0.25) is 0 Å². The van der Waals surface area contributed by atoms with Crippen molar-refractivity contribution in [3.8, 4) is 5.75 Å². The Balaban J connectivity index is 2.07. The molecule has 1 fully saturated rings. The number of nitrogens with zero attached hydrogens (tertiary/aromatic N) is 1. The van der Waals surface area contributed by atoms with Gasteiger partial charge in [-0.15, -0.1) is 0 Å². The minimum absolute atomic E-state index is 0.0708. The normalized spacial score (nSPS) is 22.6. The van der Waals surface area contributed by atoms with Gasteiger partial charge in [-0.3, -0.25) is 0 Å². The zero-order valence-corrected chi connectivity index (χ0v) is 13.2. The maximum absolute atomic E-state index is 10.3. The van der Waals surface area contributed by atoms with Crippen LogP contribution in [0.5, 0.6) is 5.75 Å². The Labute approximate surface area is 129 Å². The lowest BCUT2D eigenvalue weighted by molar-refractivity contribution is 0.0767. The van der Waals surface area contributed by atoms with E-state index in [2.05, 4.69) is 16.5 Å². The van der Waals surface area contributed by atoms with Gasteiger partial charge in [-0.05, 0) is 43.6 Å². The SMILES string of the molecule is CCCOc1cccc2c1[nH]c(=S)n2C1CCCCC1O. The van der Waals surface area contributed by atoms with E-state index in [1.807, 2.05) is 18.2 Å². The molecule has 1 heterocycles. The molecule has 2 aromatic rings. The number of para-hydroxylation sites is 1. The molecule has 3 rings (SSSR count). The van der Waals surface area contributed by atoms with Crippen molar-refractivity contribution in [2.75, 3.05) is 6.61 Å². The summed E-state index contributed by atoms with van der Waals surface area (Å²) in [4.78, 5) is 3.26. The first-order chi connectivity index (χ1) is 10.2. The number of aromatic amines is 1. The second-order valence-electron chi connectivity index (χ2n) is 5.72. The van der Waals surface area contributed by atoms with Crippen LogP contribution in [-0.2, 0) is 0 Å². The zero-order valence-electron chi connectivity index (χ0n) is 12.3. The maximum atomic E-state index is 10.3. The lowest BCUT2D eigenvalue weighted by atomic mass is 9.92. The van der Waals surface area contributed by atoms with Crippen LogP contribution in [0, 0.1) is 4.77 Å². The Morgan fingerprint density at radius 3 is 2.95 bits per heavy atom. The van der Waals surface area contributed by atoms with Crippen LogP contribution in [0.15, 0.2) is 18.2 Å². The Bertz CT molecular complexity index is 676. The van der Waals surface area contributed by atoms with Crippen LogP contribution in [0.2, 0.25) is 0 Å². The topological polar surface area (TPSA) is 50.2 Å². The second kappa shape index (κ2) is 6.20. The Kier molecular flexibility index (Phi) is 4.31. The lowest BCUT2D eigenvalue weighted by Gasteiger charge is -2.29. The number of aliphatic hydroxyl groups excluding tert-OH is 1. The predicted octanol–water partition coefficient (Wildman–Crippen LogP) is 3.96. The van der Waals surface area contributed by atoms with Crippen molar-refractivity contribution < 1.29 is 9.84 Å². The van der Waals surface area contributed by atoms with Crippen LogP contribution in [0.25, 0.3) is 11.0 Å². The number of H-pyrrole nitrogens is 1. The van der Waals surface area contributed by atoms with Gasteiger partial charge in [-0.1, -0.05) is 25.8 Å². The molecule has 1 saturated carbocycles. The van der Waals surface area contributed by atoms with Gasteiger partial charge in [0.15, 0.2) is 4.77 Å². The predicted molar refractivity (Wildman–Crippen MR) is 86.4 cm³/mol. The summed E-state index contributed by atoms with van der Waals surface area (Å²) < 4.78 is 8.54. The van der Waals surface area contributed by atoms with Crippen molar-refractivity contribution >= 4 is 23.3 Å². The van der Waals surface area contributed by atoms with Gasteiger partial charge in [-0.25, -0.2) is 0 Å². The molecule has 0 saturated heterocycles. The molecular formula is C16H22N2O2S. The number of imidazole rings is 1. The number of benzene rings is 1. The van der Waals surface area contributed by atoms with Gasteiger partial charge in [0, 0.05) is 0 Å². The summed E-state index contributed by atoms with van der Waals surface area (Å²) in [6, 6.07) is 6.07. The molecule has 1 aromatic heterocycles. The quantitative estimate of drug-likeness (QED) is 0.841. The highest BCUT2D eigenvalue weighted by molar-refractivity contribution is 7.71. The third-order valence-electron chi connectivity index (χ3n) is 4.20. The fourth-order valence-electron chi connectivity index (χ4n) is 3.18.